The number of rotatable bonds is 3. The van der Waals surface area contributed by atoms with Gasteiger partial charge in [-0.05, 0) is 47.1 Å². The number of hydrogen-bond donors (Lipinski definition) is 1. The van der Waals surface area contributed by atoms with E-state index in [1.807, 2.05) is 37.3 Å². The Balaban J connectivity index is 1.87. The number of nitrogens with zero attached hydrogens (tertiary/aromatic N) is 2. The predicted octanol–water partition coefficient (Wildman–Crippen LogP) is 3.97. The van der Waals surface area contributed by atoms with Gasteiger partial charge in [-0.15, -0.1) is 11.3 Å². The maximum atomic E-state index is 12.6. The van der Waals surface area contributed by atoms with Gasteiger partial charge in [0.05, 0.1) is 15.8 Å². The van der Waals surface area contributed by atoms with Crippen molar-refractivity contribution in [2.24, 2.45) is 0 Å². The van der Waals surface area contributed by atoms with Crippen LogP contribution in [0.5, 0.6) is 0 Å². The van der Waals surface area contributed by atoms with Gasteiger partial charge in [-0.25, -0.2) is 0 Å². The zero-order valence-electron chi connectivity index (χ0n) is 11.7. The molecule has 0 atom stereocenters. The third-order valence-electron chi connectivity index (χ3n) is 3.29. The van der Waals surface area contributed by atoms with E-state index in [4.69, 9.17) is 0 Å². The molecule has 0 unspecified atom stereocenters. The van der Waals surface area contributed by atoms with Crippen molar-refractivity contribution in [2.75, 3.05) is 7.05 Å². The van der Waals surface area contributed by atoms with E-state index in [0.29, 0.717) is 12.2 Å². The van der Waals surface area contributed by atoms with Crippen molar-refractivity contribution < 1.29 is 4.79 Å². The van der Waals surface area contributed by atoms with Crippen molar-refractivity contribution in [1.82, 2.24) is 15.1 Å². The Bertz CT molecular complexity index is 808. The second kappa shape index (κ2) is 5.61. The minimum atomic E-state index is -0.0728. The Hall–Kier alpha value is -1.66. The highest BCUT2D eigenvalue weighted by Crippen LogP contribution is 2.24. The van der Waals surface area contributed by atoms with Gasteiger partial charge in [0.2, 0.25) is 0 Å². The first-order chi connectivity index (χ1) is 10.0. The van der Waals surface area contributed by atoms with E-state index in [1.165, 1.54) is 0 Å². The molecule has 0 saturated carbocycles. The maximum absolute atomic E-state index is 12.6. The van der Waals surface area contributed by atoms with Gasteiger partial charge in [0.15, 0.2) is 5.69 Å². The quantitative estimate of drug-likeness (QED) is 0.765. The van der Waals surface area contributed by atoms with Crippen LogP contribution in [0, 0.1) is 6.92 Å². The Morgan fingerprint density at radius 3 is 2.90 bits per heavy atom. The van der Waals surface area contributed by atoms with Crippen LogP contribution in [0.1, 0.15) is 20.9 Å². The molecule has 6 heteroatoms. The Labute approximate surface area is 134 Å². The van der Waals surface area contributed by atoms with Crippen molar-refractivity contribution in [3.63, 3.8) is 0 Å². The summed E-state index contributed by atoms with van der Waals surface area (Å²) in [6.07, 6.45) is 0. The number of halogens is 1. The molecule has 0 aliphatic carbocycles. The van der Waals surface area contributed by atoms with Crippen LogP contribution in [-0.2, 0) is 6.54 Å². The molecule has 1 amide bonds. The second-order valence-corrected chi connectivity index (χ2v) is 7.54. The highest BCUT2D eigenvalue weighted by atomic mass is 79.9. The molecule has 2 aromatic heterocycles. The lowest BCUT2D eigenvalue weighted by Gasteiger charge is -2.14. The number of carbonyl (C=O) groups excluding carboxylic acids is 1. The lowest BCUT2D eigenvalue weighted by atomic mass is 10.1. The van der Waals surface area contributed by atoms with Crippen LogP contribution in [0.25, 0.3) is 10.9 Å². The third-order valence-corrected chi connectivity index (χ3v) is 4.90. The number of amides is 1. The van der Waals surface area contributed by atoms with Crippen molar-refractivity contribution in [3.8, 4) is 0 Å². The zero-order valence-corrected chi connectivity index (χ0v) is 14.1. The van der Waals surface area contributed by atoms with Crippen molar-refractivity contribution >= 4 is 44.1 Å². The molecule has 0 aliphatic heterocycles. The lowest BCUT2D eigenvalue weighted by Crippen LogP contribution is -2.26. The Morgan fingerprint density at radius 1 is 1.38 bits per heavy atom. The minimum Gasteiger partial charge on any atom is -0.335 e. The smallest absolute Gasteiger partial charge is 0.275 e. The number of nitrogens with one attached hydrogen (secondary N) is 1. The molecule has 21 heavy (non-hydrogen) atoms. The summed E-state index contributed by atoms with van der Waals surface area (Å²) in [5.41, 5.74) is 2.48. The molecular weight excluding hydrogens is 350 g/mol. The number of thiophene rings is 1. The van der Waals surface area contributed by atoms with E-state index in [-0.39, 0.29) is 5.91 Å². The fourth-order valence-electron chi connectivity index (χ4n) is 2.21. The largest absolute Gasteiger partial charge is 0.335 e. The van der Waals surface area contributed by atoms with E-state index < -0.39 is 0 Å². The minimum absolute atomic E-state index is 0.0728. The van der Waals surface area contributed by atoms with Crippen LogP contribution in [-0.4, -0.2) is 28.1 Å². The molecular formula is C15H14BrN3OS. The average molecular weight is 364 g/mol. The monoisotopic (exact) mass is 363 g/mol. The number of fused-ring (bicyclic) bond motifs is 1. The van der Waals surface area contributed by atoms with Gasteiger partial charge in [-0.1, -0.05) is 11.6 Å². The second-order valence-electron chi connectivity index (χ2n) is 4.99. The first-order valence-electron chi connectivity index (χ1n) is 6.49. The summed E-state index contributed by atoms with van der Waals surface area (Å²) >= 11 is 5.07. The molecule has 2 heterocycles. The molecule has 0 saturated heterocycles. The van der Waals surface area contributed by atoms with Gasteiger partial charge in [0.25, 0.3) is 5.91 Å². The van der Waals surface area contributed by atoms with Crippen LogP contribution in [0.2, 0.25) is 0 Å². The number of H-pyrrole nitrogens is 1. The lowest BCUT2D eigenvalue weighted by molar-refractivity contribution is 0.0782. The number of benzene rings is 1. The van der Waals surface area contributed by atoms with E-state index in [2.05, 4.69) is 26.1 Å². The molecule has 3 rings (SSSR count). The molecule has 0 bridgehead atoms. The molecule has 0 aliphatic rings. The summed E-state index contributed by atoms with van der Waals surface area (Å²) in [4.78, 5) is 15.4. The van der Waals surface area contributed by atoms with E-state index in [9.17, 15) is 4.79 Å². The van der Waals surface area contributed by atoms with Crippen LogP contribution in [0.3, 0.4) is 0 Å². The highest BCUT2D eigenvalue weighted by Gasteiger charge is 2.18. The number of aryl methyl sites for hydroxylation is 1. The molecule has 4 nitrogen and oxygen atoms in total. The van der Waals surface area contributed by atoms with Gasteiger partial charge < -0.3 is 4.90 Å². The van der Waals surface area contributed by atoms with E-state index in [1.54, 1.807) is 23.3 Å². The first-order valence-corrected chi connectivity index (χ1v) is 8.10. The topological polar surface area (TPSA) is 49.0 Å². The van der Waals surface area contributed by atoms with Gasteiger partial charge in [0.1, 0.15) is 0 Å². The van der Waals surface area contributed by atoms with Crippen LogP contribution < -0.4 is 0 Å². The number of aromatic amines is 1. The summed E-state index contributed by atoms with van der Waals surface area (Å²) in [6.45, 7) is 2.59. The Kier molecular flexibility index (Phi) is 3.82. The Morgan fingerprint density at radius 2 is 2.19 bits per heavy atom. The molecule has 108 valence electrons. The normalized spacial score (nSPS) is 11.0. The highest BCUT2D eigenvalue weighted by molar-refractivity contribution is 9.11. The zero-order chi connectivity index (χ0) is 15.0. The van der Waals surface area contributed by atoms with E-state index >= 15 is 0 Å². The van der Waals surface area contributed by atoms with Crippen LogP contribution in [0.15, 0.2) is 34.1 Å². The van der Waals surface area contributed by atoms with Crippen molar-refractivity contribution in [3.05, 3.63) is 50.3 Å². The molecule has 0 radical (unpaired) electrons. The third kappa shape index (κ3) is 2.87. The first kappa shape index (κ1) is 14.3. The molecule has 3 aromatic rings. The van der Waals surface area contributed by atoms with Gasteiger partial charge in [-0.2, -0.15) is 5.10 Å². The predicted molar refractivity (Wildman–Crippen MR) is 88.6 cm³/mol. The summed E-state index contributed by atoms with van der Waals surface area (Å²) in [6, 6.07) is 9.95. The van der Waals surface area contributed by atoms with Crippen molar-refractivity contribution in [2.45, 2.75) is 13.5 Å². The maximum Gasteiger partial charge on any atom is 0.275 e. The summed E-state index contributed by atoms with van der Waals surface area (Å²) in [5, 5.41) is 7.97. The van der Waals surface area contributed by atoms with Gasteiger partial charge >= 0.3 is 0 Å². The molecule has 0 spiro atoms. The van der Waals surface area contributed by atoms with Crippen LogP contribution >= 0.6 is 27.3 Å². The van der Waals surface area contributed by atoms with E-state index in [0.717, 1.165) is 25.1 Å². The fourth-order valence-corrected chi connectivity index (χ4v) is 3.75. The number of carbonyl (C=O) groups is 1. The molecule has 1 aromatic carbocycles. The molecule has 0 fully saturated rings. The summed E-state index contributed by atoms with van der Waals surface area (Å²) in [5.74, 6) is -0.0728. The summed E-state index contributed by atoms with van der Waals surface area (Å²) in [7, 11) is 1.80. The average Bonchev–Trinajstić information content (AvgIpc) is 3.04. The van der Waals surface area contributed by atoms with Gasteiger partial charge in [0, 0.05) is 17.3 Å². The van der Waals surface area contributed by atoms with Gasteiger partial charge in [-0.3, -0.25) is 9.89 Å². The number of hydrogen-bond acceptors (Lipinski definition) is 3. The molecule has 1 N–H and O–H groups in total. The standard InChI is InChI=1S/C15H14BrN3OS/c1-9-3-5-12-11(7-9)14(18-17-12)15(20)19(2)8-10-4-6-13(16)21-10/h3-7H,8H2,1-2H3,(H,17,18). The summed E-state index contributed by atoms with van der Waals surface area (Å²) < 4.78 is 1.07. The van der Waals surface area contributed by atoms with Crippen molar-refractivity contribution in [1.29, 1.82) is 0 Å². The van der Waals surface area contributed by atoms with Crippen LogP contribution in [0.4, 0.5) is 0 Å². The fraction of sp³-hybridized carbons (Fsp3) is 0.200. The number of aromatic nitrogens is 2. The SMILES string of the molecule is Cc1ccc2[nH]nc(C(=O)N(C)Cc3ccc(Br)s3)c2c1.